The standard InChI is InChI=1S/C15H19F3O/c1-11-4-2-3-9-14(11,19)10-12-5-7-13(8-6-12)15(16,17)18/h5-8,11,19H,2-4,9-10H2,1H3. The summed E-state index contributed by atoms with van der Waals surface area (Å²) in [5.41, 5.74) is -0.637. The molecule has 0 saturated heterocycles. The normalized spacial score (nSPS) is 28.4. The van der Waals surface area contributed by atoms with E-state index in [9.17, 15) is 18.3 Å². The highest BCUT2D eigenvalue weighted by molar-refractivity contribution is 5.26. The molecule has 19 heavy (non-hydrogen) atoms. The van der Waals surface area contributed by atoms with Gasteiger partial charge >= 0.3 is 6.18 Å². The van der Waals surface area contributed by atoms with Crippen LogP contribution in [0, 0.1) is 5.92 Å². The van der Waals surface area contributed by atoms with E-state index < -0.39 is 17.3 Å². The molecule has 1 aliphatic rings. The molecule has 1 saturated carbocycles. The summed E-state index contributed by atoms with van der Waals surface area (Å²) in [5.74, 6) is 0.198. The summed E-state index contributed by atoms with van der Waals surface area (Å²) in [4.78, 5) is 0. The maximum atomic E-state index is 12.5. The van der Waals surface area contributed by atoms with Crippen LogP contribution in [-0.2, 0) is 12.6 Å². The molecule has 1 aromatic rings. The Hall–Kier alpha value is -1.03. The second kappa shape index (κ2) is 5.16. The molecule has 0 heterocycles. The first-order valence-corrected chi connectivity index (χ1v) is 6.70. The van der Waals surface area contributed by atoms with Crippen LogP contribution in [0.5, 0.6) is 0 Å². The van der Waals surface area contributed by atoms with Crippen LogP contribution in [0.25, 0.3) is 0 Å². The Morgan fingerprint density at radius 3 is 2.37 bits per heavy atom. The lowest BCUT2D eigenvalue weighted by Gasteiger charge is -2.38. The summed E-state index contributed by atoms with van der Waals surface area (Å²) in [7, 11) is 0. The van der Waals surface area contributed by atoms with Crippen molar-refractivity contribution in [3.05, 3.63) is 35.4 Å². The van der Waals surface area contributed by atoms with Crippen LogP contribution < -0.4 is 0 Å². The lowest BCUT2D eigenvalue weighted by Crippen LogP contribution is -2.41. The fourth-order valence-electron chi connectivity index (χ4n) is 2.82. The quantitative estimate of drug-likeness (QED) is 0.856. The highest BCUT2D eigenvalue weighted by Crippen LogP contribution is 2.36. The van der Waals surface area contributed by atoms with Gasteiger partial charge in [-0.3, -0.25) is 0 Å². The van der Waals surface area contributed by atoms with Crippen LogP contribution in [0.4, 0.5) is 13.2 Å². The molecule has 1 aromatic carbocycles. The van der Waals surface area contributed by atoms with Gasteiger partial charge in [0.05, 0.1) is 11.2 Å². The molecule has 1 fully saturated rings. The Bertz CT molecular complexity index is 424. The van der Waals surface area contributed by atoms with Crippen molar-refractivity contribution < 1.29 is 18.3 Å². The fraction of sp³-hybridized carbons (Fsp3) is 0.600. The number of hydrogen-bond acceptors (Lipinski definition) is 1. The Morgan fingerprint density at radius 2 is 1.84 bits per heavy atom. The van der Waals surface area contributed by atoms with Gasteiger partial charge in [0, 0.05) is 6.42 Å². The molecule has 1 N–H and O–H groups in total. The Kier molecular flexibility index (Phi) is 3.90. The lowest BCUT2D eigenvalue weighted by atomic mass is 9.73. The number of alkyl halides is 3. The summed E-state index contributed by atoms with van der Waals surface area (Å²) in [6, 6.07) is 5.13. The van der Waals surface area contributed by atoms with E-state index in [-0.39, 0.29) is 5.92 Å². The van der Waals surface area contributed by atoms with Gasteiger partial charge in [-0.05, 0) is 36.5 Å². The fourth-order valence-corrected chi connectivity index (χ4v) is 2.82. The zero-order valence-corrected chi connectivity index (χ0v) is 11.0. The second-order valence-electron chi connectivity index (χ2n) is 5.62. The number of benzene rings is 1. The van der Waals surface area contributed by atoms with Crippen LogP contribution in [-0.4, -0.2) is 10.7 Å². The maximum Gasteiger partial charge on any atom is 0.416 e. The van der Waals surface area contributed by atoms with E-state index in [1.54, 1.807) is 0 Å². The van der Waals surface area contributed by atoms with Gasteiger partial charge in [-0.15, -0.1) is 0 Å². The van der Waals surface area contributed by atoms with Gasteiger partial charge < -0.3 is 5.11 Å². The van der Waals surface area contributed by atoms with Crippen molar-refractivity contribution in [2.75, 3.05) is 0 Å². The minimum Gasteiger partial charge on any atom is -0.389 e. The highest BCUT2D eigenvalue weighted by atomic mass is 19.4. The second-order valence-corrected chi connectivity index (χ2v) is 5.62. The Balaban J connectivity index is 2.11. The highest BCUT2D eigenvalue weighted by Gasteiger charge is 2.36. The van der Waals surface area contributed by atoms with Crippen LogP contribution >= 0.6 is 0 Å². The first-order valence-electron chi connectivity index (χ1n) is 6.70. The van der Waals surface area contributed by atoms with Gasteiger partial charge in [0.2, 0.25) is 0 Å². The van der Waals surface area contributed by atoms with Crippen LogP contribution in [0.1, 0.15) is 43.7 Å². The lowest BCUT2D eigenvalue weighted by molar-refractivity contribution is -0.137. The van der Waals surface area contributed by atoms with E-state index in [2.05, 4.69) is 0 Å². The molecule has 4 heteroatoms. The zero-order chi connectivity index (χ0) is 14.1. The van der Waals surface area contributed by atoms with E-state index in [0.717, 1.165) is 43.4 Å². The van der Waals surface area contributed by atoms with E-state index >= 15 is 0 Å². The third-order valence-electron chi connectivity index (χ3n) is 4.21. The molecule has 0 aromatic heterocycles. The molecular formula is C15H19F3O. The number of halogens is 3. The van der Waals surface area contributed by atoms with Crippen molar-refractivity contribution in [2.45, 2.75) is 50.8 Å². The van der Waals surface area contributed by atoms with Crippen molar-refractivity contribution in [3.8, 4) is 0 Å². The molecule has 0 spiro atoms. The first-order chi connectivity index (χ1) is 8.81. The molecule has 2 unspecified atom stereocenters. The Labute approximate surface area is 111 Å². The van der Waals surface area contributed by atoms with E-state index in [1.165, 1.54) is 12.1 Å². The van der Waals surface area contributed by atoms with Crippen molar-refractivity contribution in [3.63, 3.8) is 0 Å². The molecule has 2 rings (SSSR count). The summed E-state index contributed by atoms with van der Waals surface area (Å²) in [5, 5.41) is 10.6. The zero-order valence-electron chi connectivity index (χ0n) is 11.0. The van der Waals surface area contributed by atoms with Crippen molar-refractivity contribution in [1.82, 2.24) is 0 Å². The third-order valence-corrected chi connectivity index (χ3v) is 4.21. The van der Waals surface area contributed by atoms with Gasteiger partial charge in [-0.1, -0.05) is 31.9 Å². The summed E-state index contributed by atoms with van der Waals surface area (Å²) in [6.45, 7) is 2.02. The van der Waals surface area contributed by atoms with E-state index in [0.29, 0.717) is 6.42 Å². The smallest absolute Gasteiger partial charge is 0.389 e. The molecule has 0 bridgehead atoms. The summed E-state index contributed by atoms with van der Waals surface area (Å²) >= 11 is 0. The minimum absolute atomic E-state index is 0.198. The SMILES string of the molecule is CC1CCCCC1(O)Cc1ccc(C(F)(F)F)cc1. The van der Waals surface area contributed by atoms with Gasteiger partial charge in [0.25, 0.3) is 0 Å². The Morgan fingerprint density at radius 1 is 1.21 bits per heavy atom. The molecule has 1 aliphatic carbocycles. The first kappa shape index (κ1) is 14.4. The summed E-state index contributed by atoms with van der Waals surface area (Å²) < 4.78 is 37.4. The predicted molar refractivity (Wildman–Crippen MR) is 67.7 cm³/mol. The third kappa shape index (κ3) is 3.30. The molecule has 2 atom stereocenters. The molecule has 0 radical (unpaired) electrons. The van der Waals surface area contributed by atoms with Crippen LogP contribution in [0.2, 0.25) is 0 Å². The largest absolute Gasteiger partial charge is 0.416 e. The molecule has 0 aliphatic heterocycles. The van der Waals surface area contributed by atoms with Crippen molar-refractivity contribution in [2.24, 2.45) is 5.92 Å². The molecule has 106 valence electrons. The number of hydrogen-bond donors (Lipinski definition) is 1. The van der Waals surface area contributed by atoms with Crippen LogP contribution in [0.3, 0.4) is 0 Å². The van der Waals surface area contributed by atoms with Crippen molar-refractivity contribution >= 4 is 0 Å². The topological polar surface area (TPSA) is 20.2 Å². The average molecular weight is 272 g/mol. The number of rotatable bonds is 2. The minimum atomic E-state index is -4.30. The monoisotopic (exact) mass is 272 g/mol. The molecule has 1 nitrogen and oxygen atoms in total. The van der Waals surface area contributed by atoms with Gasteiger partial charge in [0.15, 0.2) is 0 Å². The predicted octanol–water partition coefficient (Wildman–Crippen LogP) is 4.19. The van der Waals surface area contributed by atoms with Crippen LogP contribution in [0.15, 0.2) is 24.3 Å². The average Bonchev–Trinajstić information content (AvgIpc) is 2.33. The van der Waals surface area contributed by atoms with Crippen molar-refractivity contribution in [1.29, 1.82) is 0 Å². The van der Waals surface area contributed by atoms with E-state index in [4.69, 9.17) is 0 Å². The van der Waals surface area contributed by atoms with Gasteiger partial charge in [-0.25, -0.2) is 0 Å². The number of aliphatic hydroxyl groups is 1. The molecular weight excluding hydrogens is 253 g/mol. The van der Waals surface area contributed by atoms with Gasteiger partial charge in [0.1, 0.15) is 0 Å². The van der Waals surface area contributed by atoms with E-state index in [1.807, 2.05) is 6.92 Å². The molecule has 0 amide bonds. The summed E-state index contributed by atoms with van der Waals surface area (Å²) in [6.07, 6.45) is -0.0375. The van der Waals surface area contributed by atoms with Gasteiger partial charge in [-0.2, -0.15) is 13.2 Å². The maximum absolute atomic E-state index is 12.5.